The van der Waals surface area contributed by atoms with Crippen molar-refractivity contribution in [2.75, 3.05) is 11.6 Å². The van der Waals surface area contributed by atoms with E-state index >= 15 is 0 Å². The molecule has 0 amide bonds. The van der Waals surface area contributed by atoms with Gasteiger partial charge in [0.15, 0.2) is 5.82 Å². The fraction of sp³-hybridized carbons (Fsp3) is 0.250. The van der Waals surface area contributed by atoms with Gasteiger partial charge in [0.05, 0.1) is 6.20 Å². The first-order valence-electron chi connectivity index (χ1n) is 2.96. The molecular formula is C4H6F3N5O2. The van der Waals surface area contributed by atoms with Crippen LogP contribution in [-0.4, -0.2) is 32.4 Å². The summed E-state index contributed by atoms with van der Waals surface area (Å²) >= 11 is 0. The van der Waals surface area contributed by atoms with Gasteiger partial charge in [0.1, 0.15) is 0 Å². The zero-order valence-electron chi connectivity index (χ0n) is 6.56. The van der Waals surface area contributed by atoms with Crippen LogP contribution in [0.5, 0.6) is 0 Å². The molecule has 0 unspecified atom stereocenters. The summed E-state index contributed by atoms with van der Waals surface area (Å²) < 4.78 is 31.7. The summed E-state index contributed by atoms with van der Waals surface area (Å²) in [5, 5.41) is 13.8. The summed E-state index contributed by atoms with van der Waals surface area (Å²) in [6.45, 7) is 0. The second-order valence-corrected chi connectivity index (χ2v) is 1.93. The SMILES string of the molecule is Nc1cn(N)nn1.O=C(O)C(F)(F)F. The summed E-state index contributed by atoms with van der Waals surface area (Å²) in [7, 11) is 0. The number of aromatic nitrogens is 3. The van der Waals surface area contributed by atoms with Crippen molar-refractivity contribution in [1.29, 1.82) is 0 Å². The number of nitrogens with two attached hydrogens (primary N) is 2. The first-order valence-corrected chi connectivity index (χ1v) is 2.96. The molecule has 0 saturated carbocycles. The van der Waals surface area contributed by atoms with E-state index in [9.17, 15) is 13.2 Å². The lowest BCUT2D eigenvalue weighted by atomic mass is 10.7. The number of carboxylic acids is 1. The summed E-state index contributed by atoms with van der Waals surface area (Å²) in [4.78, 5) is 9.95. The zero-order chi connectivity index (χ0) is 11.4. The molecule has 14 heavy (non-hydrogen) atoms. The Bertz CT molecular complexity index is 292. The molecule has 0 radical (unpaired) electrons. The highest BCUT2D eigenvalue weighted by molar-refractivity contribution is 5.73. The topological polar surface area (TPSA) is 120 Å². The standard InChI is InChI=1S/C2HF3O2.C2H5N5/c3-2(4,5)1(6)7;3-2-1-7(4)6-5-2/h(H,6,7);1H,3-4H2. The minimum atomic E-state index is -5.08. The summed E-state index contributed by atoms with van der Waals surface area (Å²) in [6.07, 6.45) is -3.67. The average Bonchev–Trinajstić information content (AvgIpc) is 2.33. The Morgan fingerprint density at radius 3 is 2.07 bits per heavy atom. The molecule has 80 valence electrons. The van der Waals surface area contributed by atoms with Crippen molar-refractivity contribution < 1.29 is 23.1 Å². The second kappa shape index (κ2) is 4.30. The van der Waals surface area contributed by atoms with E-state index in [1.807, 2.05) is 0 Å². The lowest BCUT2D eigenvalue weighted by molar-refractivity contribution is -0.192. The van der Waals surface area contributed by atoms with E-state index < -0.39 is 12.1 Å². The number of anilines is 1. The maximum Gasteiger partial charge on any atom is 0.490 e. The van der Waals surface area contributed by atoms with E-state index in [-0.39, 0.29) is 0 Å². The largest absolute Gasteiger partial charge is 0.490 e. The van der Waals surface area contributed by atoms with E-state index in [0.717, 1.165) is 4.79 Å². The third-order valence-corrected chi connectivity index (χ3v) is 0.771. The molecule has 1 aromatic heterocycles. The van der Waals surface area contributed by atoms with E-state index in [1.165, 1.54) is 6.20 Å². The van der Waals surface area contributed by atoms with Gasteiger partial charge in [0.2, 0.25) is 0 Å². The minimum Gasteiger partial charge on any atom is -0.475 e. The number of halogens is 3. The van der Waals surface area contributed by atoms with Crippen LogP contribution in [-0.2, 0) is 4.79 Å². The van der Waals surface area contributed by atoms with Gasteiger partial charge in [0, 0.05) is 0 Å². The van der Waals surface area contributed by atoms with Crippen LogP contribution >= 0.6 is 0 Å². The van der Waals surface area contributed by atoms with Crippen molar-refractivity contribution in [1.82, 2.24) is 15.1 Å². The number of hydrogen-bond donors (Lipinski definition) is 3. The van der Waals surface area contributed by atoms with Crippen molar-refractivity contribution in [3.05, 3.63) is 6.20 Å². The van der Waals surface area contributed by atoms with Crippen molar-refractivity contribution in [3.8, 4) is 0 Å². The van der Waals surface area contributed by atoms with Crippen molar-refractivity contribution in [2.24, 2.45) is 0 Å². The van der Waals surface area contributed by atoms with Crippen LogP contribution in [0.2, 0.25) is 0 Å². The molecule has 0 aromatic carbocycles. The molecule has 1 rings (SSSR count). The first kappa shape index (κ1) is 12.0. The number of aliphatic carboxylic acids is 1. The smallest absolute Gasteiger partial charge is 0.475 e. The molecule has 0 aliphatic carbocycles. The number of carbonyl (C=O) groups is 1. The highest BCUT2D eigenvalue weighted by atomic mass is 19.4. The average molecular weight is 213 g/mol. The molecule has 0 aliphatic rings. The van der Waals surface area contributed by atoms with Crippen LogP contribution < -0.4 is 11.6 Å². The molecule has 10 heteroatoms. The van der Waals surface area contributed by atoms with E-state index in [4.69, 9.17) is 21.5 Å². The Morgan fingerprint density at radius 1 is 1.57 bits per heavy atom. The van der Waals surface area contributed by atoms with Gasteiger partial charge in [-0.3, -0.25) is 0 Å². The quantitative estimate of drug-likeness (QED) is 0.485. The molecule has 0 saturated heterocycles. The minimum absolute atomic E-state index is 0.336. The molecule has 0 bridgehead atoms. The van der Waals surface area contributed by atoms with Gasteiger partial charge in [-0.2, -0.15) is 18.0 Å². The van der Waals surface area contributed by atoms with E-state index in [0.29, 0.717) is 5.82 Å². The predicted molar refractivity (Wildman–Crippen MR) is 38.3 cm³/mol. The van der Waals surface area contributed by atoms with Crippen LogP contribution in [0.25, 0.3) is 0 Å². The predicted octanol–water partition coefficient (Wildman–Crippen LogP) is -0.793. The number of carboxylic acid groups (broad SMARTS) is 1. The second-order valence-electron chi connectivity index (χ2n) is 1.93. The number of hydrogen-bond acceptors (Lipinski definition) is 5. The van der Waals surface area contributed by atoms with Crippen molar-refractivity contribution in [2.45, 2.75) is 6.18 Å². The lowest BCUT2D eigenvalue weighted by Crippen LogP contribution is -2.21. The molecule has 7 nitrogen and oxygen atoms in total. The Hall–Kier alpha value is -2.00. The third-order valence-electron chi connectivity index (χ3n) is 0.771. The van der Waals surface area contributed by atoms with Gasteiger partial charge in [-0.05, 0) is 5.21 Å². The van der Waals surface area contributed by atoms with Crippen LogP contribution in [0.4, 0.5) is 19.0 Å². The normalized spacial score (nSPS) is 10.2. The Labute approximate surface area is 75.1 Å². The summed E-state index contributed by atoms with van der Waals surface area (Å²) in [5.74, 6) is 2.62. The molecule has 0 aliphatic heterocycles. The molecular weight excluding hydrogens is 207 g/mol. The molecule has 1 aromatic rings. The molecule has 5 N–H and O–H groups in total. The highest BCUT2D eigenvalue weighted by Crippen LogP contribution is 2.13. The maximum atomic E-state index is 10.6. The van der Waals surface area contributed by atoms with Gasteiger partial charge >= 0.3 is 12.1 Å². The van der Waals surface area contributed by atoms with Crippen LogP contribution in [0.1, 0.15) is 0 Å². The number of nitrogen functional groups attached to an aromatic ring is 2. The summed E-state index contributed by atoms with van der Waals surface area (Å²) in [6, 6.07) is 0. The first-order chi connectivity index (χ1) is 6.23. The Balaban J connectivity index is 0.000000241. The highest BCUT2D eigenvalue weighted by Gasteiger charge is 2.38. The van der Waals surface area contributed by atoms with Gasteiger partial charge in [-0.25, -0.2) is 4.79 Å². The molecule has 0 spiro atoms. The van der Waals surface area contributed by atoms with Crippen LogP contribution in [0.3, 0.4) is 0 Å². The van der Waals surface area contributed by atoms with Crippen molar-refractivity contribution in [3.63, 3.8) is 0 Å². The maximum absolute atomic E-state index is 10.6. The number of rotatable bonds is 0. The van der Waals surface area contributed by atoms with Crippen LogP contribution in [0.15, 0.2) is 6.20 Å². The third kappa shape index (κ3) is 4.79. The Kier molecular flexibility index (Phi) is 3.68. The monoisotopic (exact) mass is 213 g/mol. The lowest BCUT2D eigenvalue weighted by Gasteiger charge is -1.93. The molecule has 0 fully saturated rings. The fourth-order valence-electron chi connectivity index (χ4n) is 0.290. The number of alkyl halides is 3. The van der Waals surface area contributed by atoms with Gasteiger partial charge in [0.25, 0.3) is 0 Å². The van der Waals surface area contributed by atoms with Gasteiger partial charge in [-0.1, -0.05) is 0 Å². The van der Waals surface area contributed by atoms with E-state index in [2.05, 4.69) is 10.3 Å². The fourth-order valence-corrected chi connectivity index (χ4v) is 0.290. The molecule has 0 atom stereocenters. The van der Waals surface area contributed by atoms with Crippen LogP contribution in [0, 0.1) is 0 Å². The zero-order valence-corrected chi connectivity index (χ0v) is 6.56. The Morgan fingerprint density at radius 2 is 2.00 bits per heavy atom. The number of nitrogens with zero attached hydrogens (tertiary/aromatic N) is 3. The van der Waals surface area contributed by atoms with Crippen molar-refractivity contribution >= 4 is 11.8 Å². The van der Waals surface area contributed by atoms with Gasteiger partial charge < -0.3 is 16.7 Å². The summed E-state index contributed by atoms with van der Waals surface area (Å²) in [5.41, 5.74) is 5.10. The molecule has 1 heterocycles. The van der Waals surface area contributed by atoms with Gasteiger partial charge in [-0.15, -0.1) is 5.10 Å². The van der Waals surface area contributed by atoms with E-state index in [1.54, 1.807) is 0 Å².